The summed E-state index contributed by atoms with van der Waals surface area (Å²) in [6, 6.07) is 15.0. The van der Waals surface area contributed by atoms with Crippen LogP contribution in [0.2, 0.25) is 5.02 Å². The average molecular weight is 479 g/mol. The van der Waals surface area contributed by atoms with Crippen LogP contribution in [0.1, 0.15) is 21.6 Å². The largest absolute Gasteiger partial charge is 0.383 e. The van der Waals surface area contributed by atoms with Gasteiger partial charge in [0.1, 0.15) is 6.07 Å². The van der Waals surface area contributed by atoms with E-state index >= 15 is 0 Å². The quantitative estimate of drug-likeness (QED) is 0.557. The summed E-state index contributed by atoms with van der Waals surface area (Å²) < 4.78 is 6.86. The van der Waals surface area contributed by atoms with Gasteiger partial charge in [-0.25, -0.2) is 4.68 Å². The number of carbonyl (C=O) groups excluding carboxylic acids is 1. The molecular weight excluding hydrogens is 452 g/mol. The first-order valence-corrected chi connectivity index (χ1v) is 11.5. The highest BCUT2D eigenvalue weighted by Gasteiger charge is 2.20. The summed E-state index contributed by atoms with van der Waals surface area (Å²) in [4.78, 5) is 17.5. The van der Waals surface area contributed by atoms with Crippen LogP contribution in [0.25, 0.3) is 5.69 Å². The Balaban J connectivity index is 1.45. The molecule has 0 atom stereocenters. The zero-order valence-electron chi connectivity index (χ0n) is 19.3. The lowest BCUT2D eigenvalue weighted by Gasteiger charge is -2.36. The second-order valence-electron chi connectivity index (χ2n) is 8.15. The van der Waals surface area contributed by atoms with E-state index in [1.807, 2.05) is 31.2 Å². The van der Waals surface area contributed by atoms with Crippen molar-refractivity contribution >= 4 is 28.9 Å². The lowest BCUT2D eigenvalue weighted by atomic mass is 10.1. The number of hydrogen-bond donors (Lipinski definition) is 1. The highest BCUT2D eigenvalue weighted by Crippen LogP contribution is 2.26. The Morgan fingerprint density at radius 2 is 1.91 bits per heavy atom. The van der Waals surface area contributed by atoms with E-state index in [1.165, 1.54) is 0 Å². The molecule has 1 fully saturated rings. The molecule has 1 saturated heterocycles. The van der Waals surface area contributed by atoms with Crippen LogP contribution in [0.5, 0.6) is 0 Å². The molecule has 1 N–H and O–H groups in total. The highest BCUT2D eigenvalue weighted by molar-refractivity contribution is 6.30. The normalized spacial score (nSPS) is 14.1. The molecule has 0 saturated carbocycles. The van der Waals surface area contributed by atoms with Gasteiger partial charge >= 0.3 is 0 Å². The number of hydrogen-bond acceptors (Lipinski definition) is 6. The first-order chi connectivity index (χ1) is 16.5. The van der Waals surface area contributed by atoms with Gasteiger partial charge in [-0.05, 0) is 49.4 Å². The topological polar surface area (TPSA) is 86.4 Å². The summed E-state index contributed by atoms with van der Waals surface area (Å²) in [5, 5.41) is 17.6. The van der Waals surface area contributed by atoms with E-state index < -0.39 is 0 Å². The summed E-state index contributed by atoms with van der Waals surface area (Å²) >= 11 is 5.97. The summed E-state index contributed by atoms with van der Waals surface area (Å²) in [7, 11) is 1.71. The number of rotatable bonds is 7. The number of nitrogens with zero attached hydrogens (tertiary/aromatic N) is 5. The van der Waals surface area contributed by atoms with Crippen molar-refractivity contribution in [3.05, 3.63) is 70.5 Å². The Bertz CT molecular complexity index is 1190. The van der Waals surface area contributed by atoms with E-state index in [1.54, 1.807) is 36.2 Å². The van der Waals surface area contributed by atoms with Crippen LogP contribution in [0.4, 0.5) is 11.4 Å². The number of piperazine rings is 1. The summed E-state index contributed by atoms with van der Waals surface area (Å²) in [5.41, 5.74) is 3.99. The van der Waals surface area contributed by atoms with Crippen LogP contribution >= 0.6 is 11.6 Å². The number of carbonyl (C=O) groups is 1. The number of benzene rings is 2. The van der Waals surface area contributed by atoms with Gasteiger partial charge in [0.15, 0.2) is 0 Å². The van der Waals surface area contributed by atoms with E-state index in [-0.39, 0.29) is 5.91 Å². The molecule has 0 unspecified atom stereocenters. The lowest BCUT2D eigenvalue weighted by molar-refractivity contribution is 0.102. The number of methoxy groups -OCH3 is 1. The fourth-order valence-corrected chi connectivity index (χ4v) is 4.21. The van der Waals surface area contributed by atoms with Crippen molar-refractivity contribution in [3.8, 4) is 11.8 Å². The molecule has 4 rings (SSSR count). The van der Waals surface area contributed by atoms with Crippen molar-refractivity contribution in [2.24, 2.45) is 0 Å². The van der Waals surface area contributed by atoms with Gasteiger partial charge in [0.05, 0.1) is 41.0 Å². The average Bonchev–Trinajstić information content (AvgIpc) is 3.25. The van der Waals surface area contributed by atoms with Crippen LogP contribution in [0, 0.1) is 18.3 Å². The molecule has 2 heterocycles. The molecule has 2 aromatic carbocycles. The minimum absolute atomic E-state index is 0.277. The Kier molecular flexibility index (Phi) is 7.48. The Morgan fingerprint density at radius 3 is 2.59 bits per heavy atom. The Labute approximate surface area is 204 Å². The maximum Gasteiger partial charge on any atom is 0.259 e. The van der Waals surface area contributed by atoms with Gasteiger partial charge in [0, 0.05) is 50.5 Å². The molecule has 0 aliphatic carbocycles. The number of ether oxygens (including phenoxy) is 1. The van der Waals surface area contributed by atoms with E-state index in [9.17, 15) is 10.1 Å². The number of aromatic nitrogens is 2. The minimum Gasteiger partial charge on any atom is -0.383 e. The Morgan fingerprint density at radius 1 is 1.18 bits per heavy atom. The van der Waals surface area contributed by atoms with Gasteiger partial charge < -0.3 is 15.0 Å². The highest BCUT2D eigenvalue weighted by atomic mass is 35.5. The molecule has 34 heavy (non-hydrogen) atoms. The van der Waals surface area contributed by atoms with Crippen molar-refractivity contribution in [3.63, 3.8) is 0 Å². The molecule has 1 aliphatic rings. The third-order valence-electron chi connectivity index (χ3n) is 6.03. The third kappa shape index (κ3) is 5.23. The van der Waals surface area contributed by atoms with Gasteiger partial charge in [-0.3, -0.25) is 9.69 Å². The van der Waals surface area contributed by atoms with Crippen LogP contribution < -0.4 is 10.2 Å². The van der Waals surface area contributed by atoms with Crippen molar-refractivity contribution in [2.75, 3.05) is 56.7 Å². The molecular formula is C25H27ClN6O2. The van der Waals surface area contributed by atoms with E-state index in [0.717, 1.165) is 50.7 Å². The molecule has 0 bridgehead atoms. The van der Waals surface area contributed by atoms with Crippen molar-refractivity contribution in [1.29, 1.82) is 5.26 Å². The maximum atomic E-state index is 12.9. The summed E-state index contributed by atoms with van der Waals surface area (Å²) in [6.45, 7) is 6.99. The van der Waals surface area contributed by atoms with Crippen LogP contribution in [-0.2, 0) is 4.74 Å². The van der Waals surface area contributed by atoms with Gasteiger partial charge in [0.2, 0.25) is 0 Å². The third-order valence-corrected chi connectivity index (χ3v) is 6.28. The van der Waals surface area contributed by atoms with Crippen molar-refractivity contribution in [2.45, 2.75) is 6.92 Å². The van der Waals surface area contributed by atoms with Crippen molar-refractivity contribution in [1.82, 2.24) is 14.7 Å². The van der Waals surface area contributed by atoms with Gasteiger partial charge in [0.25, 0.3) is 5.91 Å². The van der Waals surface area contributed by atoms with Gasteiger partial charge in [-0.15, -0.1) is 0 Å². The zero-order valence-corrected chi connectivity index (χ0v) is 20.0. The number of halogens is 1. The van der Waals surface area contributed by atoms with Crippen LogP contribution in [-0.4, -0.2) is 67.0 Å². The van der Waals surface area contributed by atoms with Gasteiger partial charge in [-0.1, -0.05) is 11.6 Å². The van der Waals surface area contributed by atoms with Crippen molar-refractivity contribution < 1.29 is 9.53 Å². The van der Waals surface area contributed by atoms with E-state index in [4.69, 9.17) is 16.3 Å². The minimum atomic E-state index is -0.277. The van der Waals surface area contributed by atoms with Gasteiger partial charge in [-0.2, -0.15) is 10.4 Å². The number of nitrogens with one attached hydrogen (secondary N) is 1. The van der Waals surface area contributed by atoms with Crippen LogP contribution in [0.3, 0.4) is 0 Å². The summed E-state index contributed by atoms with van der Waals surface area (Å²) in [6.07, 6.45) is 1.54. The molecule has 0 spiro atoms. The first kappa shape index (κ1) is 23.8. The van der Waals surface area contributed by atoms with E-state index in [2.05, 4.69) is 26.3 Å². The first-order valence-electron chi connectivity index (χ1n) is 11.1. The number of amides is 1. The lowest BCUT2D eigenvalue weighted by Crippen LogP contribution is -2.47. The second kappa shape index (κ2) is 10.7. The fourth-order valence-electron chi connectivity index (χ4n) is 4.09. The predicted molar refractivity (Wildman–Crippen MR) is 133 cm³/mol. The molecule has 1 amide bonds. The molecule has 176 valence electrons. The second-order valence-corrected chi connectivity index (χ2v) is 8.59. The standard InChI is InChI=1S/C25H27ClN6O2/c1-18-23(17-28-32(18)22-6-3-20(26)4-7-22)25(33)29-21-5-8-24(19(15-21)16-27)31-11-9-30(10-12-31)13-14-34-2/h3-8,15,17H,9-14H2,1-2H3,(H,29,33). The molecule has 1 aliphatic heterocycles. The number of nitriles is 1. The monoisotopic (exact) mass is 478 g/mol. The summed E-state index contributed by atoms with van der Waals surface area (Å²) in [5.74, 6) is -0.277. The Hall–Kier alpha value is -3.38. The smallest absolute Gasteiger partial charge is 0.259 e. The predicted octanol–water partition coefficient (Wildman–Crippen LogP) is 3.73. The SMILES string of the molecule is COCCN1CCN(c2ccc(NC(=O)c3cnn(-c4ccc(Cl)cc4)c3C)cc2C#N)CC1. The van der Waals surface area contributed by atoms with Crippen LogP contribution in [0.15, 0.2) is 48.7 Å². The zero-order chi connectivity index (χ0) is 24.1. The molecule has 0 radical (unpaired) electrons. The maximum absolute atomic E-state index is 12.9. The molecule has 1 aromatic heterocycles. The fraction of sp³-hybridized carbons (Fsp3) is 0.320. The van der Waals surface area contributed by atoms with E-state index in [0.29, 0.717) is 27.5 Å². The molecule has 3 aromatic rings. The molecule has 9 heteroatoms. The number of anilines is 2. The molecule has 8 nitrogen and oxygen atoms in total.